The van der Waals surface area contributed by atoms with Crippen LogP contribution in [0.1, 0.15) is 82.1 Å². The molecule has 0 spiro atoms. The fourth-order valence-electron chi connectivity index (χ4n) is 4.86. The number of anilines is 1. The number of carbonyl (C=O) groups is 2. The average Bonchev–Trinajstić information content (AvgIpc) is 2.71. The predicted octanol–water partition coefficient (Wildman–Crippen LogP) is 4.72. The highest BCUT2D eigenvalue weighted by molar-refractivity contribution is 6.05. The molecule has 172 valence electrons. The normalized spacial score (nSPS) is 18.7. The van der Waals surface area contributed by atoms with Gasteiger partial charge in [-0.2, -0.15) is 0 Å². The van der Waals surface area contributed by atoms with E-state index in [-0.39, 0.29) is 23.9 Å². The number of rotatable bonds is 7. The number of carbonyl (C=O) groups excluding carboxylic acids is 2. The van der Waals surface area contributed by atoms with Gasteiger partial charge in [0.1, 0.15) is 5.75 Å². The van der Waals surface area contributed by atoms with Gasteiger partial charge in [0.25, 0.3) is 11.8 Å². The maximum atomic E-state index is 13.7. The monoisotopic (exact) mass is 430 g/mol. The van der Waals surface area contributed by atoms with Gasteiger partial charge in [-0.3, -0.25) is 9.59 Å². The average molecular weight is 431 g/mol. The van der Waals surface area contributed by atoms with Crippen LogP contribution in [0.4, 0.5) is 5.69 Å². The van der Waals surface area contributed by atoms with Crippen LogP contribution >= 0.6 is 0 Å². The lowest BCUT2D eigenvalue weighted by Crippen LogP contribution is -2.53. The van der Waals surface area contributed by atoms with Crippen molar-refractivity contribution >= 4 is 17.5 Å². The quantitative estimate of drug-likeness (QED) is 0.588. The van der Waals surface area contributed by atoms with E-state index in [1.807, 2.05) is 19.1 Å². The smallest absolute Gasteiger partial charge is 0.270 e. The molecule has 1 saturated carbocycles. The molecule has 31 heavy (non-hydrogen) atoms. The number of nitrogens with zero attached hydrogens (tertiary/aromatic N) is 2. The van der Waals surface area contributed by atoms with Gasteiger partial charge in [0.05, 0.1) is 5.69 Å². The van der Waals surface area contributed by atoms with Crippen molar-refractivity contribution in [3.63, 3.8) is 0 Å². The molecule has 1 aromatic carbocycles. The molecule has 0 atom stereocenters. The van der Waals surface area contributed by atoms with E-state index in [1.165, 1.54) is 19.3 Å². The van der Waals surface area contributed by atoms with Gasteiger partial charge >= 0.3 is 0 Å². The SMILES string of the molecule is COCCCN1C(=O)C(C)(C)Oc2cc(C)c(C(=O)N(C(C)C)C3CCCCC3)cc21. The summed E-state index contributed by atoms with van der Waals surface area (Å²) in [6, 6.07) is 4.19. The van der Waals surface area contributed by atoms with E-state index in [0.29, 0.717) is 30.2 Å². The summed E-state index contributed by atoms with van der Waals surface area (Å²) in [5, 5.41) is 0. The Morgan fingerprint density at radius 3 is 2.55 bits per heavy atom. The second kappa shape index (κ2) is 9.60. The Labute approximate surface area is 186 Å². The highest BCUT2D eigenvalue weighted by atomic mass is 16.5. The van der Waals surface area contributed by atoms with Crippen molar-refractivity contribution in [1.29, 1.82) is 0 Å². The van der Waals surface area contributed by atoms with Gasteiger partial charge < -0.3 is 19.3 Å². The van der Waals surface area contributed by atoms with Crippen molar-refractivity contribution in [2.75, 3.05) is 25.2 Å². The first kappa shape index (κ1) is 23.6. The molecule has 6 heteroatoms. The van der Waals surface area contributed by atoms with Crippen LogP contribution in [0.3, 0.4) is 0 Å². The Balaban J connectivity index is 1.99. The molecule has 1 fully saturated rings. The maximum Gasteiger partial charge on any atom is 0.270 e. The van der Waals surface area contributed by atoms with Crippen molar-refractivity contribution in [2.24, 2.45) is 0 Å². The Kier molecular flexibility index (Phi) is 7.30. The number of hydrogen-bond acceptors (Lipinski definition) is 4. The third-order valence-electron chi connectivity index (χ3n) is 6.44. The summed E-state index contributed by atoms with van der Waals surface area (Å²) < 4.78 is 11.2. The van der Waals surface area contributed by atoms with Crippen molar-refractivity contribution < 1.29 is 19.1 Å². The van der Waals surface area contributed by atoms with Crippen LogP contribution in [0.5, 0.6) is 5.75 Å². The topological polar surface area (TPSA) is 59.1 Å². The molecule has 0 aromatic heterocycles. The minimum Gasteiger partial charge on any atom is -0.476 e. The molecule has 1 aliphatic heterocycles. The largest absolute Gasteiger partial charge is 0.476 e. The van der Waals surface area contributed by atoms with Crippen LogP contribution in [0.15, 0.2) is 12.1 Å². The number of benzene rings is 1. The lowest BCUT2D eigenvalue weighted by atomic mass is 9.92. The molecule has 0 saturated heterocycles. The predicted molar refractivity (Wildman–Crippen MR) is 123 cm³/mol. The van der Waals surface area contributed by atoms with Gasteiger partial charge in [-0.05, 0) is 71.6 Å². The van der Waals surface area contributed by atoms with Crippen LogP contribution in [-0.4, -0.2) is 54.7 Å². The molecular formula is C25H38N2O4. The molecule has 0 bridgehead atoms. The third-order valence-corrected chi connectivity index (χ3v) is 6.44. The summed E-state index contributed by atoms with van der Waals surface area (Å²) in [6.07, 6.45) is 6.44. The number of aryl methyl sites for hydroxylation is 1. The molecule has 0 N–H and O–H groups in total. The molecule has 1 heterocycles. The zero-order chi connectivity index (χ0) is 22.8. The van der Waals surface area contributed by atoms with E-state index >= 15 is 0 Å². The number of hydrogen-bond donors (Lipinski definition) is 0. The highest BCUT2D eigenvalue weighted by Crippen LogP contribution is 2.40. The van der Waals surface area contributed by atoms with Gasteiger partial charge in [-0.25, -0.2) is 0 Å². The fourth-order valence-corrected chi connectivity index (χ4v) is 4.86. The number of fused-ring (bicyclic) bond motifs is 1. The summed E-state index contributed by atoms with van der Waals surface area (Å²) in [5.74, 6) is 0.618. The Bertz CT molecular complexity index is 812. The lowest BCUT2D eigenvalue weighted by molar-refractivity contribution is -0.132. The van der Waals surface area contributed by atoms with Crippen LogP contribution in [0.2, 0.25) is 0 Å². The summed E-state index contributed by atoms with van der Waals surface area (Å²) in [4.78, 5) is 30.7. The molecule has 2 amide bonds. The number of ether oxygens (including phenoxy) is 2. The number of amides is 2. The lowest BCUT2D eigenvalue weighted by Gasteiger charge is -2.40. The zero-order valence-corrected chi connectivity index (χ0v) is 20.0. The van der Waals surface area contributed by atoms with Crippen LogP contribution in [0, 0.1) is 6.92 Å². The van der Waals surface area contributed by atoms with Crippen LogP contribution < -0.4 is 9.64 Å². The van der Waals surface area contributed by atoms with Gasteiger partial charge in [0.2, 0.25) is 0 Å². The molecule has 3 rings (SSSR count). The maximum absolute atomic E-state index is 13.7. The summed E-state index contributed by atoms with van der Waals surface area (Å²) in [5.41, 5.74) is 1.28. The molecule has 2 aliphatic rings. The molecule has 0 radical (unpaired) electrons. The number of methoxy groups -OCH3 is 1. The van der Waals surface area contributed by atoms with Crippen LogP contribution in [0.25, 0.3) is 0 Å². The Hall–Kier alpha value is -2.08. The first-order valence-electron chi connectivity index (χ1n) is 11.6. The molecular weight excluding hydrogens is 392 g/mol. The first-order valence-corrected chi connectivity index (χ1v) is 11.6. The molecule has 1 aromatic rings. The van der Waals surface area contributed by atoms with Crippen molar-refractivity contribution in [1.82, 2.24) is 4.90 Å². The van der Waals surface area contributed by atoms with E-state index in [2.05, 4.69) is 18.7 Å². The van der Waals surface area contributed by atoms with Crippen molar-refractivity contribution in [3.8, 4) is 5.75 Å². The van der Waals surface area contributed by atoms with E-state index in [0.717, 1.165) is 24.8 Å². The standard InChI is InChI=1S/C25H38N2O4/c1-17(2)27(19-11-8-7-9-12-19)23(28)20-16-21-22(15-18(20)3)31-25(4,5)24(29)26(21)13-10-14-30-6/h15-17,19H,7-14H2,1-6H3. The minimum atomic E-state index is -0.940. The fraction of sp³-hybridized carbons (Fsp3) is 0.680. The Morgan fingerprint density at radius 2 is 1.94 bits per heavy atom. The van der Waals surface area contributed by atoms with Crippen molar-refractivity contribution in [2.45, 2.75) is 90.8 Å². The second-order valence-corrected chi connectivity index (χ2v) is 9.65. The molecule has 0 unspecified atom stereocenters. The molecule has 6 nitrogen and oxygen atoms in total. The Morgan fingerprint density at radius 1 is 1.26 bits per heavy atom. The van der Waals surface area contributed by atoms with Crippen molar-refractivity contribution in [3.05, 3.63) is 23.3 Å². The molecule has 1 aliphatic carbocycles. The van der Waals surface area contributed by atoms with Crippen LogP contribution in [-0.2, 0) is 9.53 Å². The van der Waals surface area contributed by atoms with E-state index in [9.17, 15) is 9.59 Å². The zero-order valence-electron chi connectivity index (χ0n) is 20.0. The summed E-state index contributed by atoms with van der Waals surface area (Å²) in [7, 11) is 1.66. The summed E-state index contributed by atoms with van der Waals surface area (Å²) >= 11 is 0. The highest BCUT2D eigenvalue weighted by Gasteiger charge is 2.41. The van der Waals surface area contributed by atoms with Gasteiger partial charge in [0.15, 0.2) is 5.60 Å². The van der Waals surface area contributed by atoms with E-state index < -0.39 is 5.60 Å². The van der Waals surface area contributed by atoms with Gasteiger partial charge in [-0.15, -0.1) is 0 Å². The third kappa shape index (κ3) is 4.89. The second-order valence-electron chi connectivity index (χ2n) is 9.65. The van der Waals surface area contributed by atoms with Gasteiger partial charge in [0, 0.05) is 37.9 Å². The summed E-state index contributed by atoms with van der Waals surface area (Å²) in [6.45, 7) is 10.8. The van der Waals surface area contributed by atoms with Gasteiger partial charge in [-0.1, -0.05) is 19.3 Å². The van der Waals surface area contributed by atoms with E-state index in [1.54, 1.807) is 25.9 Å². The first-order chi connectivity index (χ1) is 14.7. The van der Waals surface area contributed by atoms with E-state index in [4.69, 9.17) is 9.47 Å². The minimum absolute atomic E-state index is 0.0522.